The van der Waals surface area contributed by atoms with Gasteiger partial charge in [0.05, 0.1) is 0 Å². The van der Waals surface area contributed by atoms with Crippen molar-refractivity contribution >= 4 is 21.6 Å². The molecule has 2 nitrogen and oxygen atoms in total. The molecule has 0 amide bonds. The molecule has 1 aliphatic rings. The standard InChI is InChI=1S/C16H25BrN2/c1-2-14(18)11-13-7-8-15(12-16(13)17)19-9-5-3-4-6-10-19/h7-8,12,14H,2-6,9-11,18H2,1H3. The van der Waals surface area contributed by atoms with Crippen molar-refractivity contribution in [3.8, 4) is 0 Å². The third-order valence-corrected chi connectivity index (χ3v) is 4.75. The summed E-state index contributed by atoms with van der Waals surface area (Å²) in [4.78, 5) is 2.52. The van der Waals surface area contributed by atoms with Crippen LogP contribution < -0.4 is 10.6 Å². The van der Waals surface area contributed by atoms with E-state index in [0.717, 1.165) is 12.8 Å². The Morgan fingerprint density at radius 1 is 1.21 bits per heavy atom. The molecule has 1 aliphatic heterocycles. The molecule has 0 spiro atoms. The summed E-state index contributed by atoms with van der Waals surface area (Å²) >= 11 is 3.71. The summed E-state index contributed by atoms with van der Waals surface area (Å²) in [7, 11) is 0. The van der Waals surface area contributed by atoms with Gasteiger partial charge in [0.25, 0.3) is 0 Å². The molecule has 1 heterocycles. The maximum atomic E-state index is 6.04. The van der Waals surface area contributed by atoms with Crippen LogP contribution in [0.15, 0.2) is 22.7 Å². The van der Waals surface area contributed by atoms with Crippen LogP contribution in [-0.4, -0.2) is 19.1 Å². The van der Waals surface area contributed by atoms with Gasteiger partial charge in [0.2, 0.25) is 0 Å². The monoisotopic (exact) mass is 324 g/mol. The Morgan fingerprint density at radius 2 is 1.89 bits per heavy atom. The van der Waals surface area contributed by atoms with E-state index in [1.54, 1.807) is 0 Å². The van der Waals surface area contributed by atoms with Gasteiger partial charge in [-0.15, -0.1) is 0 Å². The first-order valence-corrected chi connectivity index (χ1v) is 8.29. The Kier molecular flexibility index (Phi) is 5.71. The molecule has 2 rings (SSSR count). The van der Waals surface area contributed by atoms with Crippen molar-refractivity contribution in [3.63, 3.8) is 0 Å². The highest BCUT2D eigenvalue weighted by molar-refractivity contribution is 9.10. The lowest BCUT2D eigenvalue weighted by atomic mass is 10.0. The van der Waals surface area contributed by atoms with Crippen molar-refractivity contribution < 1.29 is 0 Å². The van der Waals surface area contributed by atoms with Crippen molar-refractivity contribution in [1.82, 2.24) is 0 Å². The number of nitrogens with two attached hydrogens (primary N) is 1. The van der Waals surface area contributed by atoms with E-state index < -0.39 is 0 Å². The van der Waals surface area contributed by atoms with Gasteiger partial charge in [-0.3, -0.25) is 0 Å². The second kappa shape index (κ2) is 7.30. The van der Waals surface area contributed by atoms with Gasteiger partial charge in [0, 0.05) is 29.3 Å². The molecule has 1 unspecified atom stereocenters. The minimum absolute atomic E-state index is 0.264. The van der Waals surface area contributed by atoms with Gasteiger partial charge in [-0.1, -0.05) is 41.8 Å². The van der Waals surface area contributed by atoms with Crippen LogP contribution in [0, 0.1) is 0 Å². The molecule has 1 aromatic carbocycles. The van der Waals surface area contributed by atoms with Crippen molar-refractivity contribution in [2.45, 2.75) is 51.5 Å². The van der Waals surface area contributed by atoms with Crippen LogP contribution in [0.1, 0.15) is 44.6 Å². The van der Waals surface area contributed by atoms with Gasteiger partial charge in [-0.2, -0.15) is 0 Å². The lowest BCUT2D eigenvalue weighted by Gasteiger charge is -2.23. The van der Waals surface area contributed by atoms with Crippen LogP contribution >= 0.6 is 15.9 Å². The normalized spacial score (nSPS) is 18.2. The Bertz CT molecular complexity index is 398. The summed E-state index contributed by atoms with van der Waals surface area (Å²) in [5, 5.41) is 0. The summed E-state index contributed by atoms with van der Waals surface area (Å²) < 4.78 is 1.21. The van der Waals surface area contributed by atoms with E-state index in [2.05, 4.69) is 46.0 Å². The molecule has 0 aliphatic carbocycles. The second-order valence-electron chi connectivity index (χ2n) is 5.55. The van der Waals surface area contributed by atoms with Crippen LogP contribution in [0.25, 0.3) is 0 Å². The van der Waals surface area contributed by atoms with E-state index in [-0.39, 0.29) is 6.04 Å². The van der Waals surface area contributed by atoms with Gasteiger partial charge in [0.15, 0.2) is 0 Å². The minimum Gasteiger partial charge on any atom is -0.372 e. The van der Waals surface area contributed by atoms with Gasteiger partial charge in [-0.25, -0.2) is 0 Å². The molecular formula is C16H25BrN2. The number of nitrogens with zero attached hydrogens (tertiary/aromatic N) is 1. The molecule has 1 saturated heterocycles. The molecule has 106 valence electrons. The van der Waals surface area contributed by atoms with Gasteiger partial charge in [-0.05, 0) is 43.4 Å². The fourth-order valence-corrected chi connectivity index (χ4v) is 3.18. The zero-order valence-electron chi connectivity index (χ0n) is 11.9. The lowest BCUT2D eigenvalue weighted by Crippen LogP contribution is -2.24. The number of rotatable bonds is 4. The zero-order valence-corrected chi connectivity index (χ0v) is 13.5. The summed E-state index contributed by atoms with van der Waals surface area (Å²) in [6.07, 6.45) is 7.38. The number of anilines is 1. The quantitative estimate of drug-likeness (QED) is 0.903. The SMILES string of the molecule is CCC(N)Cc1ccc(N2CCCCCC2)cc1Br. The van der Waals surface area contributed by atoms with Crippen LogP contribution in [0.3, 0.4) is 0 Å². The first-order chi connectivity index (χ1) is 9.20. The Morgan fingerprint density at radius 3 is 2.47 bits per heavy atom. The Labute approximate surface area is 125 Å². The van der Waals surface area contributed by atoms with Crippen molar-refractivity contribution in [1.29, 1.82) is 0 Å². The fourth-order valence-electron chi connectivity index (χ4n) is 2.65. The van der Waals surface area contributed by atoms with E-state index in [9.17, 15) is 0 Å². The van der Waals surface area contributed by atoms with E-state index in [1.807, 2.05) is 0 Å². The number of benzene rings is 1. The summed E-state index contributed by atoms with van der Waals surface area (Å²) in [6, 6.07) is 7.02. The van der Waals surface area contributed by atoms with E-state index >= 15 is 0 Å². The molecule has 19 heavy (non-hydrogen) atoms. The predicted octanol–water partition coefficient (Wildman–Crippen LogP) is 4.11. The number of halogens is 1. The maximum Gasteiger partial charge on any atom is 0.0377 e. The lowest BCUT2D eigenvalue weighted by molar-refractivity contribution is 0.645. The van der Waals surface area contributed by atoms with Crippen LogP contribution in [0.2, 0.25) is 0 Å². The summed E-state index contributed by atoms with van der Waals surface area (Å²) in [5.41, 5.74) is 8.72. The van der Waals surface area contributed by atoms with Crippen LogP contribution in [0.4, 0.5) is 5.69 Å². The van der Waals surface area contributed by atoms with Crippen molar-refractivity contribution in [2.75, 3.05) is 18.0 Å². The molecule has 3 heteroatoms. The fraction of sp³-hybridized carbons (Fsp3) is 0.625. The van der Waals surface area contributed by atoms with E-state index in [4.69, 9.17) is 5.73 Å². The van der Waals surface area contributed by atoms with Crippen LogP contribution in [0.5, 0.6) is 0 Å². The highest BCUT2D eigenvalue weighted by Crippen LogP contribution is 2.27. The molecule has 1 atom stereocenters. The third kappa shape index (κ3) is 4.22. The molecule has 0 bridgehead atoms. The Balaban J connectivity index is 2.08. The maximum absolute atomic E-state index is 6.04. The van der Waals surface area contributed by atoms with Gasteiger partial charge in [0.1, 0.15) is 0 Å². The number of hydrogen-bond donors (Lipinski definition) is 1. The molecular weight excluding hydrogens is 300 g/mol. The minimum atomic E-state index is 0.264. The van der Waals surface area contributed by atoms with Crippen molar-refractivity contribution in [2.24, 2.45) is 5.73 Å². The first-order valence-electron chi connectivity index (χ1n) is 7.49. The zero-order chi connectivity index (χ0) is 13.7. The molecule has 0 aromatic heterocycles. The van der Waals surface area contributed by atoms with Gasteiger partial charge >= 0.3 is 0 Å². The van der Waals surface area contributed by atoms with Gasteiger partial charge < -0.3 is 10.6 Å². The smallest absolute Gasteiger partial charge is 0.0377 e. The first kappa shape index (κ1) is 14.9. The highest BCUT2D eigenvalue weighted by Gasteiger charge is 2.12. The highest BCUT2D eigenvalue weighted by atomic mass is 79.9. The summed E-state index contributed by atoms with van der Waals surface area (Å²) in [5.74, 6) is 0. The number of hydrogen-bond acceptors (Lipinski definition) is 2. The molecule has 2 N–H and O–H groups in total. The molecule has 1 fully saturated rings. The van der Waals surface area contributed by atoms with E-state index in [0.29, 0.717) is 0 Å². The topological polar surface area (TPSA) is 29.3 Å². The predicted molar refractivity (Wildman–Crippen MR) is 86.8 cm³/mol. The average Bonchev–Trinajstić information content (AvgIpc) is 2.69. The second-order valence-corrected chi connectivity index (χ2v) is 6.40. The Hall–Kier alpha value is -0.540. The van der Waals surface area contributed by atoms with Crippen molar-refractivity contribution in [3.05, 3.63) is 28.2 Å². The average molecular weight is 325 g/mol. The summed E-state index contributed by atoms with van der Waals surface area (Å²) in [6.45, 7) is 4.53. The largest absolute Gasteiger partial charge is 0.372 e. The van der Waals surface area contributed by atoms with Crippen LogP contribution in [-0.2, 0) is 6.42 Å². The molecule has 0 saturated carbocycles. The van der Waals surface area contributed by atoms with E-state index in [1.165, 1.54) is 54.5 Å². The molecule has 0 radical (unpaired) electrons. The molecule has 1 aromatic rings. The third-order valence-electron chi connectivity index (χ3n) is 4.01.